The summed E-state index contributed by atoms with van der Waals surface area (Å²) in [5.74, 6) is -1.01. The minimum absolute atomic E-state index is 0.0866. The Hall–Kier alpha value is -2.63. The lowest BCUT2D eigenvalue weighted by Crippen LogP contribution is -2.04. The molecule has 0 aliphatic heterocycles. The fraction of sp³-hybridized carbons (Fsp3) is 0.214. The molecule has 0 aliphatic rings. The first-order valence-corrected chi connectivity index (χ1v) is 6.39. The largest absolute Gasteiger partial charge is 0.476 e. The van der Waals surface area contributed by atoms with Crippen molar-refractivity contribution in [2.45, 2.75) is 20.0 Å². The topological polar surface area (TPSA) is 72.9 Å². The lowest BCUT2D eigenvalue weighted by atomic mass is 10.2. The van der Waals surface area contributed by atoms with E-state index in [0.717, 1.165) is 17.6 Å². The summed E-state index contributed by atoms with van der Waals surface area (Å²) in [7, 11) is 0. The van der Waals surface area contributed by atoms with Crippen molar-refractivity contribution in [3.05, 3.63) is 47.9 Å². The molecule has 0 radical (unpaired) electrons. The Kier molecular flexibility index (Phi) is 2.98. The molecular weight excluding hydrogens is 256 g/mol. The standard InChI is InChI=1S/C14H14N4O2/c1-2-17-8-10(7-15-17)9-18-12-6-4-3-5-11(12)13(16-18)14(19)20/h3-8H,2,9H2,1H3,(H,19,20). The Labute approximate surface area is 115 Å². The van der Waals surface area contributed by atoms with E-state index >= 15 is 0 Å². The molecule has 0 bridgehead atoms. The molecule has 3 rings (SSSR count). The highest BCUT2D eigenvalue weighted by Gasteiger charge is 2.16. The fourth-order valence-electron chi connectivity index (χ4n) is 2.24. The van der Waals surface area contributed by atoms with E-state index in [1.165, 1.54) is 0 Å². The molecule has 1 aromatic carbocycles. The second-order valence-electron chi connectivity index (χ2n) is 4.53. The number of aryl methyl sites for hydroxylation is 1. The molecular formula is C14H14N4O2. The van der Waals surface area contributed by atoms with Gasteiger partial charge in [-0.2, -0.15) is 10.2 Å². The lowest BCUT2D eigenvalue weighted by molar-refractivity contribution is 0.0691. The van der Waals surface area contributed by atoms with Crippen molar-refractivity contribution in [2.24, 2.45) is 0 Å². The zero-order valence-corrected chi connectivity index (χ0v) is 11.0. The van der Waals surface area contributed by atoms with Gasteiger partial charge in [0.05, 0.1) is 18.3 Å². The van der Waals surface area contributed by atoms with Crippen molar-refractivity contribution in [1.29, 1.82) is 0 Å². The van der Waals surface area contributed by atoms with Crippen LogP contribution in [0, 0.1) is 0 Å². The van der Waals surface area contributed by atoms with Crippen LogP contribution in [-0.2, 0) is 13.1 Å². The van der Waals surface area contributed by atoms with Gasteiger partial charge in [-0.3, -0.25) is 9.36 Å². The number of carboxylic acid groups (broad SMARTS) is 1. The van der Waals surface area contributed by atoms with E-state index in [1.807, 2.05) is 36.0 Å². The van der Waals surface area contributed by atoms with Crippen LogP contribution in [0.1, 0.15) is 23.0 Å². The third-order valence-corrected chi connectivity index (χ3v) is 3.20. The molecule has 0 spiro atoms. The fourth-order valence-corrected chi connectivity index (χ4v) is 2.24. The van der Waals surface area contributed by atoms with Crippen LogP contribution in [0.2, 0.25) is 0 Å². The summed E-state index contributed by atoms with van der Waals surface area (Å²) in [5.41, 5.74) is 1.90. The molecule has 6 nitrogen and oxygen atoms in total. The molecule has 0 saturated carbocycles. The third kappa shape index (κ3) is 2.05. The van der Waals surface area contributed by atoms with Crippen molar-refractivity contribution in [3.63, 3.8) is 0 Å². The van der Waals surface area contributed by atoms with Gasteiger partial charge in [0.2, 0.25) is 0 Å². The number of aromatic nitrogens is 4. The van der Waals surface area contributed by atoms with Crippen LogP contribution in [0.25, 0.3) is 10.9 Å². The maximum Gasteiger partial charge on any atom is 0.357 e. The SMILES string of the molecule is CCn1cc(Cn2nc(C(=O)O)c3ccccc32)cn1. The van der Waals surface area contributed by atoms with Crippen LogP contribution in [0.4, 0.5) is 0 Å². The predicted octanol–water partition coefficient (Wildman–Crippen LogP) is 2.00. The van der Waals surface area contributed by atoms with Gasteiger partial charge in [-0.15, -0.1) is 0 Å². The molecule has 0 aliphatic carbocycles. The van der Waals surface area contributed by atoms with Gasteiger partial charge in [-0.1, -0.05) is 18.2 Å². The number of aromatic carboxylic acids is 1. The number of fused-ring (bicyclic) bond motifs is 1. The Bertz CT molecular complexity index is 772. The first kappa shape index (κ1) is 12.4. The van der Waals surface area contributed by atoms with Gasteiger partial charge in [-0.05, 0) is 13.0 Å². The molecule has 0 atom stereocenters. The molecule has 3 aromatic rings. The molecule has 20 heavy (non-hydrogen) atoms. The van der Waals surface area contributed by atoms with Gasteiger partial charge in [0.15, 0.2) is 5.69 Å². The van der Waals surface area contributed by atoms with Crippen LogP contribution >= 0.6 is 0 Å². The summed E-state index contributed by atoms with van der Waals surface area (Å²) in [6.45, 7) is 3.33. The molecule has 0 saturated heterocycles. The molecule has 0 unspecified atom stereocenters. The first-order chi connectivity index (χ1) is 9.69. The normalized spacial score (nSPS) is 11.1. The molecule has 2 aromatic heterocycles. The quantitative estimate of drug-likeness (QED) is 0.787. The Morgan fingerprint density at radius 2 is 2.15 bits per heavy atom. The zero-order chi connectivity index (χ0) is 14.1. The van der Waals surface area contributed by atoms with Gasteiger partial charge in [0, 0.05) is 23.7 Å². The zero-order valence-electron chi connectivity index (χ0n) is 11.0. The summed E-state index contributed by atoms with van der Waals surface area (Å²) in [6, 6.07) is 7.34. The highest BCUT2D eigenvalue weighted by molar-refractivity contribution is 6.01. The van der Waals surface area contributed by atoms with E-state index in [4.69, 9.17) is 0 Å². The van der Waals surface area contributed by atoms with E-state index < -0.39 is 5.97 Å². The predicted molar refractivity (Wildman–Crippen MR) is 73.7 cm³/mol. The molecule has 0 amide bonds. The van der Waals surface area contributed by atoms with Gasteiger partial charge >= 0.3 is 5.97 Å². The van der Waals surface area contributed by atoms with E-state index in [1.54, 1.807) is 16.9 Å². The number of hydrogen-bond donors (Lipinski definition) is 1. The van der Waals surface area contributed by atoms with Crippen molar-refractivity contribution >= 4 is 16.9 Å². The summed E-state index contributed by atoms with van der Waals surface area (Å²) < 4.78 is 3.54. The van der Waals surface area contributed by atoms with E-state index in [9.17, 15) is 9.90 Å². The van der Waals surface area contributed by atoms with Crippen LogP contribution in [-0.4, -0.2) is 30.6 Å². The van der Waals surface area contributed by atoms with Crippen LogP contribution in [0.15, 0.2) is 36.7 Å². The van der Waals surface area contributed by atoms with Crippen molar-refractivity contribution in [1.82, 2.24) is 19.6 Å². The van der Waals surface area contributed by atoms with Gasteiger partial charge in [-0.25, -0.2) is 4.79 Å². The summed E-state index contributed by atoms with van der Waals surface area (Å²) in [4.78, 5) is 11.2. The second-order valence-corrected chi connectivity index (χ2v) is 4.53. The number of carboxylic acids is 1. The highest BCUT2D eigenvalue weighted by atomic mass is 16.4. The summed E-state index contributed by atoms with van der Waals surface area (Å²) in [5, 5.41) is 18.3. The van der Waals surface area contributed by atoms with Crippen LogP contribution in [0.3, 0.4) is 0 Å². The monoisotopic (exact) mass is 270 g/mol. The number of nitrogens with zero attached hydrogens (tertiary/aromatic N) is 4. The van der Waals surface area contributed by atoms with Crippen molar-refractivity contribution in [3.8, 4) is 0 Å². The highest BCUT2D eigenvalue weighted by Crippen LogP contribution is 2.19. The lowest BCUT2D eigenvalue weighted by Gasteiger charge is -2.00. The average molecular weight is 270 g/mol. The number of hydrogen-bond acceptors (Lipinski definition) is 3. The van der Waals surface area contributed by atoms with Crippen LogP contribution < -0.4 is 0 Å². The van der Waals surface area contributed by atoms with Gasteiger partial charge in [0.1, 0.15) is 0 Å². The number of carbonyl (C=O) groups is 1. The number of rotatable bonds is 4. The minimum Gasteiger partial charge on any atom is -0.476 e. The van der Waals surface area contributed by atoms with Gasteiger partial charge < -0.3 is 5.11 Å². The summed E-state index contributed by atoms with van der Waals surface area (Å²) >= 11 is 0. The van der Waals surface area contributed by atoms with E-state index in [0.29, 0.717) is 11.9 Å². The Morgan fingerprint density at radius 3 is 2.85 bits per heavy atom. The van der Waals surface area contributed by atoms with Gasteiger partial charge in [0.25, 0.3) is 0 Å². The Balaban J connectivity index is 2.05. The third-order valence-electron chi connectivity index (χ3n) is 3.20. The smallest absolute Gasteiger partial charge is 0.357 e. The average Bonchev–Trinajstić information content (AvgIpc) is 3.04. The van der Waals surface area contributed by atoms with Crippen LogP contribution in [0.5, 0.6) is 0 Å². The summed E-state index contributed by atoms with van der Waals surface area (Å²) in [6.07, 6.45) is 3.72. The molecule has 2 heterocycles. The molecule has 0 fully saturated rings. The Morgan fingerprint density at radius 1 is 1.35 bits per heavy atom. The van der Waals surface area contributed by atoms with Crippen molar-refractivity contribution in [2.75, 3.05) is 0 Å². The maximum atomic E-state index is 11.2. The molecule has 6 heteroatoms. The second kappa shape index (κ2) is 4.80. The maximum absolute atomic E-state index is 11.2. The number of para-hydroxylation sites is 1. The minimum atomic E-state index is -1.01. The van der Waals surface area contributed by atoms with E-state index in [-0.39, 0.29) is 5.69 Å². The van der Waals surface area contributed by atoms with E-state index in [2.05, 4.69) is 10.2 Å². The molecule has 1 N–H and O–H groups in total. The first-order valence-electron chi connectivity index (χ1n) is 6.39. The van der Waals surface area contributed by atoms with Crippen molar-refractivity contribution < 1.29 is 9.90 Å². The number of benzene rings is 1. The molecule has 102 valence electrons.